The van der Waals surface area contributed by atoms with Crippen molar-refractivity contribution in [2.75, 3.05) is 19.8 Å². The summed E-state index contributed by atoms with van der Waals surface area (Å²) in [5.74, 6) is -0.485. The molecule has 6 N–H and O–H groups in total. The maximum Gasteiger partial charge on any atom is 0.472 e. The Morgan fingerprint density at radius 2 is 1.00 bits per heavy atom. The predicted molar refractivity (Wildman–Crippen MR) is 207 cm³/mol. The summed E-state index contributed by atoms with van der Waals surface area (Å²) in [6, 6.07) is 0. The molecule has 0 saturated heterocycles. The molecule has 1 aliphatic rings. The van der Waals surface area contributed by atoms with Gasteiger partial charge in [-0.1, -0.05) is 142 Å². The third kappa shape index (κ3) is 25.1. The number of allylic oxidation sites excluding steroid dienone is 2. The monoisotopic (exact) mass is 781 g/mol. The van der Waals surface area contributed by atoms with E-state index in [0.717, 1.165) is 57.8 Å². The van der Waals surface area contributed by atoms with Crippen LogP contribution >= 0.6 is 7.82 Å². The van der Waals surface area contributed by atoms with Gasteiger partial charge in [0.2, 0.25) is 0 Å². The fraction of sp³-hybridized carbons (Fsp3) is 0.925. The zero-order chi connectivity index (χ0) is 39.2. The van der Waals surface area contributed by atoms with Crippen molar-refractivity contribution >= 4 is 13.8 Å². The molecule has 0 spiro atoms. The number of phosphoric ester groups is 1. The molecule has 6 unspecified atom stereocenters. The summed E-state index contributed by atoms with van der Waals surface area (Å²) in [7, 11) is -5.01. The lowest BCUT2D eigenvalue weighted by atomic mass is 9.85. The van der Waals surface area contributed by atoms with Crippen molar-refractivity contribution in [3.63, 3.8) is 0 Å². The highest BCUT2D eigenvalue weighted by molar-refractivity contribution is 7.47. The van der Waals surface area contributed by atoms with Crippen molar-refractivity contribution in [3.05, 3.63) is 12.2 Å². The van der Waals surface area contributed by atoms with Crippen LogP contribution in [0.25, 0.3) is 0 Å². The topological polar surface area (TPSA) is 192 Å². The number of aliphatic hydroxyl groups excluding tert-OH is 5. The molecule has 1 fully saturated rings. The summed E-state index contributed by atoms with van der Waals surface area (Å²) >= 11 is 0. The van der Waals surface area contributed by atoms with Crippen LogP contribution in [0.15, 0.2) is 12.2 Å². The van der Waals surface area contributed by atoms with Gasteiger partial charge in [0.1, 0.15) is 42.7 Å². The molecule has 314 valence electrons. The number of unbranched alkanes of at least 4 members (excludes halogenated alkanes) is 21. The van der Waals surface area contributed by atoms with Gasteiger partial charge in [-0.2, -0.15) is 0 Å². The number of hydrogen-bond donors (Lipinski definition) is 6. The highest BCUT2D eigenvalue weighted by Gasteiger charge is 2.51. The van der Waals surface area contributed by atoms with Gasteiger partial charge in [-0.25, -0.2) is 4.57 Å². The number of aliphatic hydroxyl groups is 5. The standard InChI is InChI=1S/C40H77O12P/c1-3-5-7-9-11-13-15-17-18-20-22-24-26-28-30-49-31-33(51-34(41)29-27-25-23-21-19-16-14-12-10-8-6-4-2)32-50-53(47,48)52-40-38(45)36(43)35(42)37(44)39(40)46/h12,14,33,35-40,42-46H,3-11,13,15-32H2,1-2H3,(H,47,48)/b14-12-/t33-,35?,36-,37?,38?,39?,40?/m1/s1. The summed E-state index contributed by atoms with van der Waals surface area (Å²) < 4.78 is 34.0. The highest BCUT2D eigenvalue weighted by Crippen LogP contribution is 2.47. The Hall–Kier alpha value is -0.920. The summed E-state index contributed by atoms with van der Waals surface area (Å²) in [5, 5.41) is 50.0. The molecule has 8 atom stereocenters. The number of hydrogen-bond acceptors (Lipinski definition) is 11. The lowest BCUT2D eigenvalue weighted by Crippen LogP contribution is -2.64. The molecule has 0 aromatic carbocycles. The molecule has 1 rings (SSSR count). The minimum atomic E-state index is -5.01. The van der Waals surface area contributed by atoms with Gasteiger partial charge >= 0.3 is 13.8 Å². The van der Waals surface area contributed by atoms with Crippen LogP contribution in [0, 0.1) is 0 Å². The lowest BCUT2D eigenvalue weighted by molar-refractivity contribution is -0.220. The summed E-state index contributed by atoms with van der Waals surface area (Å²) in [6.07, 6.45) is 20.0. The van der Waals surface area contributed by atoms with E-state index in [0.29, 0.717) is 13.0 Å². The Bertz CT molecular complexity index is 937. The Labute approximate surface area is 320 Å². The van der Waals surface area contributed by atoms with E-state index in [1.54, 1.807) is 0 Å². The number of esters is 1. The first-order chi connectivity index (χ1) is 25.5. The summed E-state index contributed by atoms with van der Waals surface area (Å²) in [4.78, 5) is 23.0. The molecule has 0 aromatic rings. The minimum absolute atomic E-state index is 0.0750. The first kappa shape index (κ1) is 50.1. The average molecular weight is 781 g/mol. The van der Waals surface area contributed by atoms with Crippen LogP contribution in [0.2, 0.25) is 0 Å². The van der Waals surface area contributed by atoms with Crippen LogP contribution in [0.4, 0.5) is 0 Å². The molecule has 13 heteroatoms. The molecule has 12 nitrogen and oxygen atoms in total. The molecular formula is C40H77O12P. The fourth-order valence-electron chi connectivity index (χ4n) is 6.47. The lowest BCUT2D eigenvalue weighted by Gasteiger charge is -2.41. The van der Waals surface area contributed by atoms with E-state index in [9.17, 15) is 39.8 Å². The second kappa shape index (κ2) is 32.2. The first-order valence-electron chi connectivity index (χ1n) is 21.0. The van der Waals surface area contributed by atoms with Gasteiger partial charge in [-0.3, -0.25) is 13.8 Å². The third-order valence-electron chi connectivity index (χ3n) is 9.89. The van der Waals surface area contributed by atoms with Gasteiger partial charge in [0.25, 0.3) is 0 Å². The second-order valence-corrected chi connectivity index (χ2v) is 16.3. The molecule has 0 bridgehead atoms. The van der Waals surface area contributed by atoms with E-state index in [4.69, 9.17) is 18.5 Å². The van der Waals surface area contributed by atoms with Gasteiger partial charge in [0.05, 0.1) is 13.2 Å². The minimum Gasteiger partial charge on any atom is -0.457 e. The normalized spacial score (nSPS) is 23.7. The number of ether oxygens (including phenoxy) is 2. The highest BCUT2D eigenvalue weighted by atomic mass is 31.2. The van der Waals surface area contributed by atoms with Gasteiger partial charge in [0.15, 0.2) is 0 Å². The number of carbonyl (C=O) groups excluding carboxylic acids is 1. The van der Waals surface area contributed by atoms with Crippen LogP contribution in [0.3, 0.4) is 0 Å². The molecule has 0 amide bonds. The van der Waals surface area contributed by atoms with E-state index >= 15 is 0 Å². The molecule has 0 aliphatic heterocycles. The van der Waals surface area contributed by atoms with Crippen LogP contribution in [-0.4, -0.2) is 98.9 Å². The Kier molecular flexibility index (Phi) is 30.4. The molecule has 53 heavy (non-hydrogen) atoms. The van der Waals surface area contributed by atoms with Crippen LogP contribution in [-0.2, 0) is 27.9 Å². The van der Waals surface area contributed by atoms with Crippen molar-refractivity contribution in [3.8, 4) is 0 Å². The number of carbonyl (C=O) groups is 1. The van der Waals surface area contributed by atoms with Crippen molar-refractivity contribution in [1.29, 1.82) is 0 Å². The van der Waals surface area contributed by atoms with Crippen LogP contribution in [0.1, 0.15) is 174 Å². The van der Waals surface area contributed by atoms with Crippen molar-refractivity contribution in [2.45, 2.75) is 217 Å². The van der Waals surface area contributed by atoms with Crippen molar-refractivity contribution in [2.24, 2.45) is 0 Å². The second-order valence-electron chi connectivity index (χ2n) is 14.8. The molecule has 0 heterocycles. The zero-order valence-corrected chi connectivity index (χ0v) is 34.0. The SMILES string of the molecule is CCCCC/C=C\CCCCCCCC(=O)O[C@H](COCCCCCCCCCCCCCCCC)COP(=O)(O)OC1C(O)C(O)C(O)[C@@H](O)C1O. The van der Waals surface area contributed by atoms with Crippen LogP contribution < -0.4 is 0 Å². The van der Waals surface area contributed by atoms with Gasteiger partial charge in [-0.15, -0.1) is 0 Å². The van der Waals surface area contributed by atoms with E-state index < -0.39 is 63.1 Å². The first-order valence-corrected chi connectivity index (χ1v) is 22.5. The molecule has 1 saturated carbocycles. The zero-order valence-electron chi connectivity index (χ0n) is 33.1. The smallest absolute Gasteiger partial charge is 0.457 e. The molecular weight excluding hydrogens is 703 g/mol. The van der Waals surface area contributed by atoms with Gasteiger partial charge in [-0.05, 0) is 38.5 Å². The summed E-state index contributed by atoms with van der Waals surface area (Å²) in [5.41, 5.74) is 0. The summed E-state index contributed by atoms with van der Waals surface area (Å²) in [6.45, 7) is 4.22. The fourth-order valence-corrected chi connectivity index (χ4v) is 7.44. The van der Waals surface area contributed by atoms with E-state index in [-0.39, 0.29) is 13.0 Å². The number of rotatable bonds is 35. The average Bonchev–Trinajstić information content (AvgIpc) is 3.14. The van der Waals surface area contributed by atoms with Crippen molar-refractivity contribution < 1.29 is 58.3 Å². The van der Waals surface area contributed by atoms with E-state index in [1.807, 2.05) is 0 Å². The third-order valence-corrected chi connectivity index (χ3v) is 10.9. The Morgan fingerprint density at radius 3 is 1.53 bits per heavy atom. The molecule has 0 radical (unpaired) electrons. The van der Waals surface area contributed by atoms with Gasteiger partial charge < -0.3 is 39.9 Å². The molecule has 0 aromatic heterocycles. The maximum absolute atomic E-state index is 12.8. The Morgan fingerprint density at radius 1 is 0.585 bits per heavy atom. The quantitative estimate of drug-likeness (QED) is 0.0160. The predicted octanol–water partition coefficient (Wildman–Crippen LogP) is 7.58. The van der Waals surface area contributed by atoms with E-state index in [1.165, 1.54) is 89.9 Å². The van der Waals surface area contributed by atoms with Crippen LogP contribution in [0.5, 0.6) is 0 Å². The van der Waals surface area contributed by atoms with Crippen molar-refractivity contribution in [1.82, 2.24) is 0 Å². The maximum atomic E-state index is 12.8. The Balaban J connectivity index is 2.44. The largest absolute Gasteiger partial charge is 0.472 e. The number of phosphoric acid groups is 1. The van der Waals surface area contributed by atoms with E-state index in [2.05, 4.69) is 26.0 Å². The van der Waals surface area contributed by atoms with Gasteiger partial charge in [0, 0.05) is 13.0 Å². The molecule has 1 aliphatic carbocycles.